The number of hydrogen-bond acceptors (Lipinski definition) is 4. The number of carbonyl (C=O) groups is 1. The summed E-state index contributed by atoms with van der Waals surface area (Å²) in [5, 5.41) is 6.02. The topological polar surface area (TPSA) is 59.6 Å². The second-order valence-corrected chi connectivity index (χ2v) is 7.44. The zero-order valence-corrected chi connectivity index (χ0v) is 15.0. The van der Waals surface area contributed by atoms with Crippen LogP contribution in [-0.4, -0.2) is 37.8 Å². The average Bonchev–Trinajstić information content (AvgIpc) is 2.96. The van der Waals surface area contributed by atoms with Crippen LogP contribution in [0.4, 0.5) is 0 Å². The second kappa shape index (κ2) is 6.03. The fraction of sp³-hybridized carbons (Fsp3) is 0.500. The van der Waals surface area contributed by atoms with Gasteiger partial charge >= 0.3 is 7.12 Å². The molecule has 1 amide bonds. The smallest absolute Gasteiger partial charge is 0.400 e. The van der Waals surface area contributed by atoms with Crippen molar-refractivity contribution in [3.05, 3.63) is 40.4 Å². The largest absolute Gasteiger partial charge is 0.491 e. The molecule has 2 N–H and O–H groups in total. The highest BCUT2D eigenvalue weighted by atomic mass is 16.7. The summed E-state index contributed by atoms with van der Waals surface area (Å²) in [7, 11) is 1.50. The summed E-state index contributed by atoms with van der Waals surface area (Å²) in [6.45, 7) is 9.44. The summed E-state index contributed by atoms with van der Waals surface area (Å²) in [5.41, 5.74) is 3.04. The van der Waals surface area contributed by atoms with Gasteiger partial charge in [-0.3, -0.25) is 4.79 Å². The Morgan fingerprint density at radius 2 is 1.96 bits per heavy atom. The molecule has 0 spiro atoms. The van der Waals surface area contributed by atoms with Gasteiger partial charge in [0.2, 0.25) is 0 Å². The van der Waals surface area contributed by atoms with E-state index in [9.17, 15) is 4.79 Å². The Balaban J connectivity index is 1.91. The molecule has 2 aliphatic heterocycles. The van der Waals surface area contributed by atoms with Crippen LogP contribution in [0, 0.1) is 0 Å². The number of benzene rings is 1. The van der Waals surface area contributed by atoms with Gasteiger partial charge in [-0.1, -0.05) is 18.2 Å². The summed E-state index contributed by atoms with van der Waals surface area (Å²) in [6.07, 6.45) is 2.05. The maximum absolute atomic E-state index is 11.9. The van der Waals surface area contributed by atoms with E-state index in [0.29, 0.717) is 13.1 Å². The Hall–Kier alpha value is -1.63. The van der Waals surface area contributed by atoms with Gasteiger partial charge in [0.15, 0.2) is 0 Å². The number of amides is 1. The van der Waals surface area contributed by atoms with E-state index in [1.54, 1.807) is 0 Å². The summed E-state index contributed by atoms with van der Waals surface area (Å²) in [5.74, 6) is -0.00829. The molecule has 1 saturated heterocycles. The van der Waals surface area contributed by atoms with Crippen LogP contribution < -0.4 is 10.6 Å². The van der Waals surface area contributed by atoms with Crippen LogP contribution in [-0.2, 0) is 15.9 Å². The van der Waals surface area contributed by atoms with Crippen LogP contribution in [0.15, 0.2) is 23.7 Å². The molecular formula is C18H25BN2O3. The Labute approximate surface area is 143 Å². The first-order valence-corrected chi connectivity index (χ1v) is 8.35. The first kappa shape index (κ1) is 17.2. The molecule has 0 aromatic heterocycles. The van der Waals surface area contributed by atoms with Crippen molar-refractivity contribution >= 4 is 19.1 Å². The van der Waals surface area contributed by atoms with Gasteiger partial charge in [0.25, 0.3) is 5.91 Å². The molecule has 24 heavy (non-hydrogen) atoms. The van der Waals surface area contributed by atoms with Gasteiger partial charge < -0.3 is 19.9 Å². The Morgan fingerprint density at radius 3 is 2.58 bits per heavy atom. The fourth-order valence-electron chi connectivity index (χ4n) is 2.94. The minimum absolute atomic E-state index is 0.00829. The average molecular weight is 328 g/mol. The lowest BCUT2D eigenvalue weighted by atomic mass is 9.77. The van der Waals surface area contributed by atoms with Crippen molar-refractivity contribution in [1.29, 1.82) is 0 Å². The van der Waals surface area contributed by atoms with Crippen LogP contribution in [0.3, 0.4) is 0 Å². The van der Waals surface area contributed by atoms with E-state index < -0.39 is 7.12 Å². The lowest BCUT2D eigenvalue weighted by Crippen LogP contribution is -2.41. The Bertz CT molecular complexity index is 682. The molecule has 0 radical (unpaired) electrons. The van der Waals surface area contributed by atoms with E-state index in [1.165, 1.54) is 0 Å². The molecule has 0 aliphatic carbocycles. The molecule has 0 bridgehead atoms. The maximum atomic E-state index is 11.9. The predicted molar refractivity (Wildman–Crippen MR) is 95.6 cm³/mol. The standard InChI is InChI=1S/C18H25BN2O3/c1-17(2)18(3,4)24-19(23-17)14(11-20-5)8-12-6-7-13-10-21-16(22)15(13)9-12/h6-9,20H,10-11H2,1-5H3,(H,21,22). The third kappa shape index (κ3) is 3.01. The molecule has 0 atom stereocenters. The normalized spacial score (nSPS) is 21.8. The van der Waals surface area contributed by atoms with Gasteiger partial charge in [-0.25, -0.2) is 0 Å². The molecular weight excluding hydrogens is 303 g/mol. The molecule has 6 heteroatoms. The third-order valence-corrected chi connectivity index (χ3v) is 5.11. The number of likely N-dealkylation sites (N-methyl/N-ethyl adjacent to an activating group) is 1. The molecule has 1 aromatic carbocycles. The minimum atomic E-state index is -0.399. The molecule has 1 aromatic rings. The number of hydrogen-bond donors (Lipinski definition) is 2. The summed E-state index contributed by atoms with van der Waals surface area (Å²) < 4.78 is 12.3. The first-order chi connectivity index (χ1) is 11.2. The van der Waals surface area contributed by atoms with Crippen LogP contribution in [0.2, 0.25) is 0 Å². The first-order valence-electron chi connectivity index (χ1n) is 8.35. The lowest BCUT2D eigenvalue weighted by Gasteiger charge is -2.32. The van der Waals surface area contributed by atoms with Crippen LogP contribution >= 0.6 is 0 Å². The van der Waals surface area contributed by atoms with E-state index in [4.69, 9.17) is 9.31 Å². The van der Waals surface area contributed by atoms with Gasteiger partial charge in [-0.2, -0.15) is 0 Å². The molecule has 2 heterocycles. The van der Waals surface area contributed by atoms with Gasteiger partial charge in [0.05, 0.1) is 11.2 Å². The van der Waals surface area contributed by atoms with Crippen molar-refractivity contribution in [2.24, 2.45) is 0 Å². The fourth-order valence-corrected chi connectivity index (χ4v) is 2.94. The number of fused-ring (bicyclic) bond motifs is 1. The molecule has 0 unspecified atom stereocenters. The van der Waals surface area contributed by atoms with E-state index in [2.05, 4.69) is 10.6 Å². The quantitative estimate of drug-likeness (QED) is 0.832. The van der Waals surface area contributed by atoms with Crippen molar-refractivity contribution in [2.75, 3.05) is 13.6 Å². The van der Waals surface area contributed by atoms with E-state index >= 15 is 0 Å². The van der Waals surface area contributed by atoms with E-state index in [1.807, 2.05) is 59.0 Å². The van der Waals surface area contributed by atoms with Crippen molar-refractivity contribution in [1.82, 2.24) is 10.6 Å². The highest BCUT2D eigenvalue weighted by molar-refractivity contribution is 6.55. The summed E-state index contributed by atoms with van der Waals surface area (Å²) in [4.78, 5) is 11.9. The van der Waals surface area contributed by atoms with Crippen molar-refractivity contribution < 1.29 is 14.1 Å². The van der Waals surface area contributed by atoms with E-state index in [0.717, 1.165) is 22.2 Å². The zero-order valence-electron chi connectivity index (χ0n) is 15.0. The monoisotopic (exact) mass is 328 g/mol. The number of nitrogens with one attached hydrogen (secondary N) is 2. The SMILES string of the molecule is CNCC(=Cc1ccc2c(c1)C(=O)NC2)B1OC(C)(C)C(C)(C)O1. The lowest BCUT2D eigenvalue weighted by molar-refractivity contribution is 0.00578. The van der Waals surface area contributed by atoms with Crippen molar-refractivity contribution in [3.63, 3.8) is 0 Å². The number of carbonyl (C=O) groups excluding carboxylic acids is 1. The molecule has 3 rings (SSSR count). The second-order valence-electron chi connectivity index (χ2n) is 7.44. The predicted octanol–water partition coefficient (Wildman–Crippen LogP) is 2.16. The highest BCUT2D eigenvalue weighted by Crippen LogP contribution is 2.38. The van der Waals surface area contributed by atoms with Crippen molar-refractivity contribution in [2.45, 2.75) is 45.4 Å². The molecule has 1 fully saturated rings. The van der Waals surface area contributed by atoms with Gasteiger partial charge in [0, 0.05) is 18.7 Å². The minimum Gasteiger partial charge on any atom is -0.400 e. The highest BCUT2D eigenvalue weighted by Gasteiger charge is 2.52. The third-order valence-electron chi connectivity index (χ3n) is 5.11. The zero-order chi connectivity index (χ0) is 17.5. The van der Waals surface area contributed by atoms with E-state index in [-0.39, 0.29) is 17.1 Å². The molecule has 0 saturated carbocycles. The molecule has 5 nitrogen and oxygen atoms in total. The summed E-state index contributed by atoms with van der Waals surface area (Å²) in [6, 6.07) is 5.96. The van der Waals surface area contributed by atoms with Gasteiger partial charge in [-0.05, 0) is 57.4 Å². The summed E-state index contributed by atoms with van der Waals surface area (Å²) >= 11 is 0. The Kier molecular flexibility index (Phi) is 4.32. The number of rotatable bonds is 4. The Morgan fingerprint density at radius 1 is 1.29 bits per heavy atom. The molecule has 128 valence electrons. The van der Waals surface area contributed by atoms with Crippen LogP contribution in [0.1, 0.15) is 49.2 Å². The maximum Gasteiger partial charge on any atom is 0.491 e. The van der Waals surface area contributed by atoms with Gasteiger partial charge in [0.1, 0.15) is 0 Å². The van der Waals surface area contributed by atoms with Gasteiger partial charge in [-0.15, -0.1) is 0 Å². The molecule has 2 aliphatic rings. The van der Waals surface area contributed by atoms with Crippen LogP contribution in [0.5, 0.6) is 0 Å². The van der Waals surface area contributed by atoms with Crippen molar-refractivity contribution in [3.8, 4) is 0 Å². The van der Waals surface area contributed by atoms with Crippen LogP contribution in [0.25, 0.3) is 6.08 Å².